The number of aromatic nitrogens is 4. The van der Waals surface area contributed by atoms with Gasteiger partial charge in [-0.3, -0.25) is 9.59 Å². The quantitative estimate of drug-likeness (QED) is 0.473. The van der Waals surface area contributed by atoms with Gasteiger partial charge in [0.2, 0.25) is 0 Å². The van der Waals surface area contributed by atoms with E-state index in [0.717, 1.165) is 22.2 Å². The highest BCUT2D eigenvalue weighted by Crippen LogP contribution is 2.22. The minimum Gasteiger partial charge on any atom is -0.497 e. The zero-order valence-corrected chi connectivity index (χ0v) is 16.7. The number of aromatic amines is 2. The Hall–Kier alpha value is -4.26. The van der Waals surface area contributed by atoms with Crippen molar-refractivity contribution < 1.29 is 4.74 Å². The minimum absolute atomic E-state index is 0.206. The molecule has 0 saturated carbocycles. The number of fused-ring (bicyclic) bond motifs is 2. The summed E-state index contributed by atoms with van der Waals surface area (Å²) in [5.41, 5.74) is 2.72. The molecule has 0 bridgehead atoms. The summed E-state index contributed by atoms with van der Waals surface area (Å²) >= 11 is 0. The Morgan fingerprint density at radius 2 is 1.71 bits per heavy atom. The van der Waals surface area contributed by atoms with Gasteiger partial charge in [-0.25, -0.2) is 10.1 Å². The number of ether oxygens (including phenoxy) is 1. The highest BCUT2D eigenvalue weighted by molar-refractivity contribution is 5.84. The minimum atomic E-state index is -0.224. The van der Waals surface area contributed by atoms with Crippen LogP contribution in [0, 0.1) is 0 Å². The Bertz CT molecular complexity index is 1550. The maximum atomic E-state index is 12.6. The van der Waals surface area contributed by atoms with Crippen LogP contribution in [0.15, 0.2) is 76.3 Å². The number of rotatable bonds is 4. The Labute approximate surface area is 176 Å². The van der Waals surface area contributed by atoms with E-state index in [4.69, 9.17) is 4.74 Å². The van der Waals surface area contributed by atoms with Crippen molar-refractivity contribution in [1.29, 1.82) is 0 Å². The summed E-state index contributed by atoms with van der Waals surface area (Å²) < 4.78 is 5.19. The molecule has 2 N–H and O–H groups in total. The molecule has 0 amide bonds. The SMILES string of the molecule is COc1ccc2nc(-c3cccc(Cc4n[nH]c(=O)c5ccccc45)c3)[nH]c(=O)c2c1. The lowest BCUT2D eigenvalue weighted by atomic mass is 10.0. The molecule has 0 unspecified atom stereocenters. The van der Waals surface area contributed by atoms with Crippen LogP contribution in [0.2, 0.25) is 0 Å². The fourth-order valence-electron chi connectivity index (χ4n) is 3.71. The molecule has 0 fully saturated rings. The van der Waals surface area contributed by atoms with Crippen molar-refractivity contribution >= 4 is 21.7 Å². The van der Waals surface area contributed by atoms with Crippen molar-refractivity contribution in [3.63, 3.8) is 0 Å². The molecule has 7 nitrogen and oxygen atoms in total. The van der Waals surface area contributed by atoms with E-state index in [9.17, 15) is 9.59 Å². The Morgan fingerprint density at radius 1 is 0.871 bits per heavy atom. The first-order chi connectivity index (χ1) is 15.1. The smallest absolute Gasteiger partial charge is 0.272 e. The van der Waals surface area contributed by atoms with Gasteiger partial charge >= 0.3 is 0 Å². The molecule has 0 aliphatic rings. The van der Waals surface area contributed by atoms with Crippen LogP contribution < -0.4 is 15.9 Å². The monoisotopic (exact) mass is 410 g/mol. The highest BCUT2D eigenvalue weighted by Gasteiger charge is 2.10. The van der Waals surface area contributed by atoms with Crippen molar-refractivity contribution in [3.05, 3.63) is 98.7 Å². The first-order valence-corrected chi connectivity index (χ1v) is 9.76. The lowest BCUT2D eigenvalue weighted by molar-refractivity contribution is 0.415. The van der Waals surface area contributed by atoms with E-state index in [1.807, 2.05) is 42.5 Å². The molecular formula is C24H18N4O3. The number of hydrogen-bond acceptors (Lipinski definition) is 5. The van der Waals surface area contributed by atoms with E-state index < -0.39 is 0 Å². The molecule has 31 heavy (non-hydrogen) atoms. The Balaban J connectivity index is 1.55. The first-order valence-electron chi connectivity index (χ1n) is 9.76. The normalized spacial score (nSPS) is 11.1. The van der Waals surface area contributed by atoms with E-state index in [-0.39, 0.29) is 11.1 Å². The molecule has 5 rings (SSSR count). The molecule has 152 valence electrons. The molecule has 3 aromatic carbocycles. The van der Waals surface area contributed by atoms with Crippen LogP contribution in [-0.4, -0.2) is 27.3 Å². The maximum Gasteiger partial charge on any atom is 0.272 e. The molecule has 0 radical (unpaired) electrons. The van der Waals surface area contributed by atoms with E-state index in [1.165, 1.54) is 0 Å². The third kappa shape index (κ3) is 3.46. The predicted octanol–water partition coefficient (Wildman–Crippen LogP) is 3.43. The van der Waals surface area contributed by atoms with Crippen molar-refractivity contribution in [2.24, 2.45) is 0 Å². The molecule has 0 aliphatic heterocycles. The molecule has 0 atom stereocenters. The van der Waals surface area contributed by atoms with Gasteiger partial charge in [0, 0.05) is 17.4 Å². The third-order valence-electron chi connectivity index (χ3n) is 5.26. The number of benzene rings is 3. The van der Waals surface area contributed by atoms with E-state index in [2.05, 4.69) is 20.2 Å². The highest BCUT2D eigenvalue weighted by atomic mass is 16.5. The molecule has 2 heterocycles. The average Bonchev–Trinajstić information content (AvgIpc) is 2.81. The largest absolute Gasteiger partial charge is 0.497 e. The summed E-state index contributed by atoms with van der Waals surface area (Å²) in [6, 6.07) is 20.4. The lowest BCUT2D eigenvalue weighted by Crippen LogP contribution is -2.11. The number of nitrogens with zero attached hydrogens (tertiary/aromatic N) is 2. The van der Waals surface area contributed by atoms with Crippen molar-refractivity contribution in [2.45, 2.75) is 6.42 Å². The van der Waals surface area contributed by atoms with Gasteiger partial charge in [-0.15, -0.1) is 0 Å². The summed E-state index contributed by atoms with van der Waals surface area (Å²) in [7, 11) is 1.56. The second-order valence-corrected chi connectivity index (χ2v) is 7.22. The van der Waals surface area contributed by atoms with E-state index in [1.54, 1.807) is 31.4 Å². The summed E-state index contributed by atoms with van der Waals surface area (Å²) in [5, 5.41) is 8.73. The maximum absolute atomic E-state index is 12.6. The van der Waals surface area contributed by atoms with E-state index in [0.29, 0.717) is 34.3 Å². The number of hydrogen-bond donors (Lipinski definition) is 2. The second-order valence-electron chi connectivity index (χ2n) is 7.22. The van der Waals surface area contributed by atoms with Crippen LogP contribution in [0.3, 0.4) is 0 Å². The van der Waals surface area contributed by atoms with Crippen molar-refractivity contribution in [2.75, 3.05) is 7.11 Å². The second kappa shape index (κ2) is 7.53. The van der Waals surface area contributed by atoms with Crippen LogP contribution in [0.5, 0.6) is 5.75 Å². The fraction of sp³-hybridized carbons (Fsp3) is 0.0833. The Morgan fingerprint density at radius 3 is 2.55 bits per heavy atom. The van der Waals surface area contributed by atoms with Gasteiger partial charge in [-0.2, -0.15) is 5.10 Å². The van der Waals surface area contributed by atoms with Gasteiger partial charge in [0.1, 0.15) is 11.6 Å². The molecule has 0 spiro atoms. The number of methoxy groups -OCH3 is 1. The van der Waals surface area contributed by atoms with Gasteiger partial charge in [0.15, 0.2) is 0 Å². The summed E-state index contributed by atoms with van der Waals surface area (Å²) in [6.07, 6.45) is 0.528. The number of nitrogens with one attached hydrogen (secondary N) is 2. The molecule has 5 aromatic rings. The molecular weight excluding hydrogens is 392 g/mol. The predicted molar refractivity (Wildman–Crippen MR) is 120 cm³/mol. The van der Waals surface area contributed by atoms with Crippen LogP contribution >= 0.6 is 0 Å². The van der Waals surface area contributed by atoms with Gasteiger partial charge in [0.25, 0.3) is 11.1 Å². The zero-order valence-electron chi connectivity index (χ0n) is 16.7. The van der Waals surface area contributed by atoms with Crippen LogP contribution in [0.4, 0.5) is 0 Å². The van der Waals surface area contributed by atoms with Crippen LogP contribution in [-0.2, 0) is 6.42 Å². The van der Waals surface area contributed by atoms with Crippen LogP contribution in [0.25, 0.3) is 33.1 Å². The summed E-state index contributed by atoms with van der Waals surface area (Å²) in [5.74, 6) is 1.10. The average molecular weight is 410 g/mol. The summed E-state index contributed by atoms with van der Waals surface area (Å²) in [6.45, 7) is 0. The van der Waals surface area contributed by atoms with Crippen molar-refractivity contribution in [1.82, 2.24) is 20.2 Å². The molecule has 0 saturated heterocycles. The van der Waals surface area contributed by atoms with Crippen LogP contribution in [0.1, 0.15) is 11.3 Å². The van der Waals surface area contributed by atoms with E-state index >= 15 is 0 Å². The number of H-pyrrole nitrogens is 2. The molecule has 0 aliphatic carbocycles. The Kier molecular flexibility index (Phi) is 4.55. The summed E-state index contributed by atoms with van der Waals surface area (Å²) in [4.78, 5) is 32.1. The van der Waals surface area contributed by atoms with Gasteiger partial charge in [-0.1, -0.05) is 36.4 Å². The molecule has 2 aromatic heterocycles. The van der Waals surface area contributed by atoms with Crippen molar-refractivity contribution in [3.8, 4) is 17.1 Å². The zero-order chi connectivity index (χ0) is 21.4. The lowest BCUT2D eigenvalue weighted by Gasteiger charge is -2.08. The fourth-order valence-corrected chi connectivity index (χ4v) is 3.71. The first kappa shape index (κ1) is 18.7. The standard InChI is InChI=1S/C24H18N4O3/c1-31-16-9-10-20-19(13-16)23(29)26-22(25-20)15-6-4-5-14(11-15)12-21-17-7-2-3-8-18(17)24(30)28-27-21/h2-11,13H,12H2,1H3,(H,28,30)(H,25,26,29). The van der Waals surface area contributed by atoms with Gasteiger partial charge in [-0.05, 0) is 35.9 Å². The van der Waals surface area contributed by atoms with Gasteiger partial charge in [0.05, 0.1) is 29.1 Å². The topological polar surface area (TPSA) is 101 Å². The third-order valence-corrected chi connectivity index (χ3v) is 5.26. The molecule has 7 heteroatoms. The van der Waals surface area contributed by atoms with Gasteiger partial charge < -0.3 is 9.72 Å².